The molecule has 1 N–H and O–H groups in total. The predicted molar refractivity (Wildman–Crippen MR) is 105 cm³/mol. The fourth-order valence-electron chi connectivity index (χ4n) is 3.11. The standard InChI is InChI=1S/C21H24N2O5/c1-4-17-21(25)23(16-7-5-6-8-19(16)28-17)13-20(24)22-12-14-11-15(26-2)9-10-18(14)27-3/h5-11,17H,4,12-13H2,1-3H3,(H,22,24). The van der Waals surface area contributed by atoms with Crippen LogP contribution in [0, 0.1) is 0 Å². The van der Waals surface area contributed by atoms with Crippen LogP contribution in [0.2, 0.25) is 0 Å². The van der Waals surface area contributed by atoms with E-state index < -0.39 is 6.10 Å². The quantitative estimate of drug-likeness (QED) is 0.794. The molecule has 1 aliphatic rings. The monoisotopic (exact) mass is 384 g/mol. The van der Waals surface area contributed by atoms with Crippen LogP contribution in [0.5, 0.6) is 17.2 Å². The average Bonchev–Trinajstić information content (AvgIpc) is 2.73. The van der Waals surface area contributed by atoms with E-state index in [1.54, 1.807) is 44.6 Å². The van der Waals surface area contributed by atoms with E-state index in [2.05, 4.69) is 5.32 Å². The van der Waals surface area contributed by atoms with Gasteiger partial charge in [-0.05, 0) is 36.8 Å². The first-order valence-electron chi connectivity index (χ1n) is 9.12. The SMILES string of the molecule is CCC1Oc2ccccc2N(CC(=O)NCc2cc(OC)ccc2OC)C1=O. The molecule has 0 aromatic heterocycles. The molecule has 0 radical (unpaired) electrons. The number of hydrogen-bond donors (Lipinski definition) is 1. The van der Waals surface area contributed by atoms with Gasteiger partial charge < -0.3 is 19.5 Å². The number of benzene rings is 2. The fourth-order valence-corrected chi connectivity index (χ4v) is 3.11. The Hall–Kier alpha value is -3.22. The van der Waals surface area contributed by atoms with Gasteiger partial charge in [-0.1, -0.05) is 19.1 Å². The van der Waals surface area contributed by atoms with E-state index in [9.17, 15) is 9.59 Å². The van der Waals surface area contributed by atoms with Crippen LogP contribution >= 0.6 is 0 Å². The molecular formula is C21H24N2O5. The Labute approximate surface area is 164 Å². The summed E-state index contributed by atoms with van der Waals surface area (Å²) in [5.41, 5.74) is 1.39. The molecule has 1 heterocycles. The van der Waals surface area contributed by atoms with Crippen molar-refractivity contribution >= 4 is 17.5 Å². The summed E-state index contributed by atoms with van der Waals surface area (Å²) in [6, 6.07) is 12.6. The minimum absolute atomic E-state index is 0.0814. The number of ether oxygens (including phenoxy) is 3. The molecule has 2 aromatic rings. The number of hydrogen-bond acceptors (Lipinski definition) is 5. The zero-order valence-corrected chi connectivity index (χ0v) is 16.2. The number of nitrogens with one attached hydrogen (secondary N) is 1. The van der Waals surface area contributed by atoms with Crippen LogP contribution in [0.4, 0.5) is 5.69 Å². The molecule has 148 valence electrons. The Morgan fingerprint density at radius 3 is 2.68 bits per heavy atom. The molecule has 0 fully saturated rings. The minimum atomic E-state index is -0.582. The summed E-state index contributed by atoms with van der Waals surface area (Å²) in [4.78, 5) is 26.7. The Kier molecular flexibility index (Phi) is 6.03. The number of nitrogens with zero attached hydrogens (tertiary/aromatic N) is 1. The molecule has 2 amide bonds. The van der Waals surface area contributed by atoms with Gasteiger partial charge in [-0.25, -0.2) is 0 Å². The van der Waals surface area contributed by atoms with E-state index in [0.29, 0.717) is 29.4 Å². The molecule has 0 saturated heterocycles. The Morgan fingerprint density at radius 2 is 1.96 bits per heavy atom. The number of fused-ring (bicyclic) bond motifs is 1. The Bertz CT molecular complexity index is 868. The lowest BCUT2D eigenvalue weighted by molar-refractivity contribution is -0.129. The summed E-state index contributed by atoms with van der Waals surface area (Å²) < 4.78 is 16.3. The van der Waals surface area contributed by atoms with Gasteiger partial charge in [0.05, 0.1) is 19.9 Å². The molecule has 1 unspecified atom stereocenters. The van der Waals surface area contributed by atoms with Crippen molar-refractivity contribution in [3.8, 4) is 17.2 Å². The molecule has 28 heavy (non-hydrogen) atoms. The van der Waals surface area contributed by atoms with Crippen LogP contribution in [0.1, 0.15) is 18.9 Å². The summed E-state index contributed by atoms with van der Waals surface area (Å²) in [6.45, 7) is 2.06. The fraction of sp³-hybridized carbons (Fsp3) is 0.333. The minimum Gasteiger partial charge on any atom is -0.497 e. The van der Waals surface area contributed by atoms with E-state index in [1.165, 1.54) is 4.90 Å². The van der Waals surface area contributed by atoms with E-state index in [4.69, 9.17) is 14.2 Å². The number of para-hydroxylation sites is 2. The largest absolute Gasteiger partial charge is 0.497 e. The number of methoxy groups -OCH3 is 2. The zero-order valence-electron chi connectivity index (χ0n) is 16.2. The smallest absolute Gasteiger partial charge is 0.268 e. The third-order valence-electron chi connectivity index (χ3n) is 4.60. The number of rotatable bonds is 7. The maximum absolute atomic E-state index is 12.7. The maximum atomic E-state index is 12.7. The highest BCUT2D eigenvalue weighted by Crippen LogP contribution is 2.34. The molecular weight excluding hydrogens is 360 g/mol. The van der Waals surface area contributed by atoms with Crippen molar-refractivity contribution < 1.29 is 23.8 Å². The number of carbonyl (C=O) groups excluding carboxylic acids is 2. The van der Waals surface area contributed by atoms with Crippen molar-refractivity contribution in [1.82, 2.24) is 5.32 Å². The van der Waals surface area contributed by atoms with Gasteiger partial charge in [0.1, 0.15) is 23.8 Å². The van der Waals surface area contributed by atoms with Crippen molar-refractivity contribution in [3.05, 3.63) is 48.0 Å². The molecule has 0 saturated carbocycles. The summed E-state index contributed by atoms with van der Waals surface area (Å²) in [6.07, 6.45) is -0.0482. The van der Waals surface area contributed by atoms with Crippen LogP contribution < -0.4 is 24.4 Å². The van der Waals surface area contributed by atoms with Crippen molar-refractivity contribution in [2.45, 2.75) is 26.0 Å². The maximum Gasteiger partial charge on any atom is 0.268 e. The van der Waals surface area contributed by atoms with Gasteiger partial charge in [-0.3, -0.25) is 14.5 Å². The first-order chi connectivity index (χ1) is 13.6. The first kappa shape index (κ1) is 19.5. The molecule has 0 spiro atoms. The molecule has 1 atom stereocenters. The van der Waals surface area contributed by atoms with Crippen LogP contribution in [0.3, 0.4) is 0 Å². The number of carbonyl (C=O) groups is 2. The van der Waals surface area contributed by atoms with E-state index >= 15 is 0 Å². The molecule has 0 aliphatic carbocycles. The predicted octanol–water partition coefficient (Wildman–Crippen LogP) is 2.52. The van der Waals surface area contributed by atoms with Crippen LogP contribution in [0.15, 0.2) is 42.5 Å². The summed E-state index contributed by atoms with van der Waals surface area (Å²) in [7, 11) is 3.15. The second-order valence-electron chi connectivity index (χ2n) is 6.36. The van der Waals surface area contributed by atoms with Gasteiger partial charge >= 0.3 is 0 Å². The highest BCUT2D eigenvalue weighted by Gasteiger charge is 2.34. The topological polar surface area (TPSA) is 77.1 Å². The first-order valence-corrected chi connectivity index (χ1v) is 9.12. The molecule has 1 aliphatic heterocycles. The third kappa shape index (κ3) is 4.03. The second-order valence-corrected chi connectivity index (χ2v) is 6.36. The van der Waals surface area contributed by atoms with Crippen molar-refractivity contribution in [2.24, 2.45) is 0 Å². The lowest BCUT2D eigenvalue weighted by Gasteiger charge is -2.33. The van der Waals surface area contributed by atoms with Gasteiger partial charge in [0.25, 0.3) is 5.91 Å². The lowest BCUT2D eigenvalue weighted by Crippen LogP contribution is -2.49. The zero-order chi connectivity index (χ0) is 20.1. The summed E-state index contributed by atoms with van der Waals surface area (Å²) in [5, 5.41) is 2.85. The van der Waals surface area contributed by atoms with E-state index in [1.807, 2.05) is 19.1 Å². The molecule has 3 rings (SSSR count). The van der Waals surface area contributed by atoms with Crippen molar-refractivity contribution in [1.29, 1.82) is 0 Å². The van der Waals surface area contributed by atoms with Crippen LogP contribution in [-0.4, -0.2) is 38.7 Å². The van der Waals surface area contributed by atoms with Crippen molar-refractivity contribution in [2.75, 3.05) is 25.7 Å². The van der Waals surface area contributed by atoms with Gasteiger partial charge in [0.15, 0.2) is 6.10 Å². The number of anilines is 1. The van der Waals surface area contributed by atoms with Crippen LogP contribution in [0.25, 0.3) is 0 Å². The average molecular weight is 384 g/mol. The van der Waals surface area contributed by atoms with Gasteiger partial charge in [-0.2, -0.15) is 0 Å². The summed E-state index contributed by atoms with van der Waals surface area (Å²) in [5.74, 6) is 1.45. The summed E-state index contributed by atoms with van der Waals surface area (Å²) >= 11 is 0. The van der Waals surface area contributed by atoms with Crippen LogP contribution in [-0.2, 0) is 16.1 Å². The van der Waals surface area contributed by atoms with Gasteiger partial charge in [-0.15, -0.1) is 0 Å². The lowest BCUT2D eigenvalue weighted by atomic mass is 10.1. The Balaban J connectivity index is 1.72. The normalized spacial score (nSPS) is 15.5. The van der Waals surface area contributed by atoms with Gasteiger partial charge in [0.2, 0.25) is 5.91 Å². The molecule has 0 bridgehead atoms. The van der Waals surface area contributed by atoms with Crippen molar-refractivity contribution in [3.63, 3.8) is 0 Å². The van der Waals surface area contributed by atoms with E-state index in [0.717, 1.165) is 5.56 Å². The molecule has 2 aromatic carbocycles. The third-order valence-corrected chi connectivity index (χ3v) is 4.60. The molecule has 7 heteroatoms. The van der Waals surface area contributed by atoms with Gasteiger partial charge in [0, 0.05) is 12.1 Å². The Morgan fingerprint density at radius 1 is 1.18 bits per heavy atom. The molecule has 7 nitrogen and oxygen atoms in total. The van der Waals surface area contributed by atoms with E-state index in [-0.39, 0.29) is 24.9 Å². The highest BCUT2D eigenvalue weighted by molar-refractivity contribution is 6.03. The second kappa shape index (κ2) is 8.65. The highest BCUT2D eigenvalue weighted by atomic mass is 16.5. The number of amides is 2.